The zero-order chi connectivity index (χ0) is 19.2. The largest absolute Gasteiger partial charge is 0.379 e. The van der Waals surface area contributed by atoms with Gasteiger partial charge < -0.3 is 20.1 Å². The fraction of sp³-hybridized carbons (Fsp3) is 0.591. The molecule has 0 aliphatic heterocycles. The molecule has 0 aromatic heterocycles. The molecule has 28 heavy (non-hydrogen) atoms. The Morgan fingerprint density at radius 3 is 2.68 bits per heavy atom. The van der Waals surface area contributed by atoms with E-state index in [9.17, 15) is 0 Å². The van der Waals surface area contributed by atoms with E-state index in [-0.39, 0.29) is 24.0 Å². The summed E-state index contributed by atoms with van der Waals surface area (Å²) in [5.74, 6) is 0.852. The first-order valence-electron chi connectivity index (χ1n) is 10.2. The molecule has 2 rings (SSSR count). The van der Waals surface area contributed by atoms with E-state index in [1.54, 1.807) is 5.57 Å². The summed E-state index contributed by atoms with van der Waals surface area (Å²) >= 11 is 0. The van der Waals surface area contributed by atoms with Gasteiger partial charge in [-0.1, -0.05) is 35.9 Å². The average molecular weight is 501 g/mol. The third kappa shape index (κ3) is 10.4. The van der Waals surface area contributed by atoms with E-state index in [4.69, 9.17) is 9.47 Å². The van der Waals surface area contributed by atoms with Gasteiger partial charge in [0.25, 0.3) is 0 Å². The third-order valence-corrected chi connectivity index (χ3v) is 4.64. The van der Waals surface area contributed by atoms with Gasteiger partial charge in [-0.3, -0.25) is 4.99 Å². The van der Waals surface area contributed by atoms with Crippen LogP contribution in [0.1, 0.15) is 50.2 Å². The molecule has 0 unspecified atom stereocenters. The van der Waals surface area contributed by atoms with E-state index in [0.29, 0.717) is 19.8 Å². The predicted octanol–water partition coefficient (Wildman–Crippen LogP) is 4.41. The topological polar surface area (TPSA) is 54.9 Å². The van der Waals surface area contributed by atoms with Crippen molar-refractivity contribution < 1.29 is 9.47 Å². The first kappa shape index (κ1) is 24.9. The van der Waals surface area contributed by atoms with E-state index in [0.717, 1.165) is 32.1 Å². The minimum Gasteiger partial charge on any atom is -0.379 e. The van der Waals surface area contributed by atoms with Crippen LogP contribution in [0.5, 0.6) is 0 Å². The first-order valence-corrected chi connectivity index (χ1v) is 10.2. The molecule has 1 aromatic carbocycles. The van der Waals surface area contributed by atoms with Crippen LogP contribution in [-0.2, 0) is 22.6 Å². The van der Waals surface area contributed by atoms with Crippen LogP contribution in [0.3, 0.4) is 0 Å². The molecular weight excluding hydrogens is 465 g/mol. The molecule has 1 aromatic rings. The molecule has 0 saturated carbocycles. The van der Waals surface area contributed by atoms with Gasteiger partial charge in [-0.05, 0) is 50.2 Å². The number of rotatable bonds is 11. The van der Waals surface area contributed by atoms with Crippen LogP contribution in [0, 0.1) is 0 Å². The second-order valence-electron chi connectivity index (χ2n) is 6.78. The standard InChI is InChI=1S/C22H35N3O2.HI/c1-3-26-14-15-27-18-21-11-7-10-20(16-21)17-25-22(23-2)24-13-12-19-8-5-4-6-9-19;/h7-8,10-11,16H,3-6,9,12-15,17-18H2,1-2H3,(H2,23,24,25);1H. The second kappa shape index (κ2) is 15.8. The summed E-state index contributed by atoms with van der Waals surface area (Å²) in [6.07, 6.45) is 8.70. The van der Waals surface area contributed by atoms with E-state index >= 15 is 0 Å². The van der Waals surface area contributed by atoms with Crippen molar-refractivity contribution in [1.82, 2.24) is 10.6 Å². The van der Waals surface area contributed by atoms with Gasteiger partial charge in [0.05, 0.1) is 19.8 Å². The lowest BCUT2D eigenvalue weighted by atomic mass is 9.97. The Balaban J connectivity index is 0.00000392. The van der Waals surface area contributed by atoms with E-state index in [2.05, 4.69) is 46.0 Å². The number of halogens is 1. The van der Waals surface area contributed by atoms with Crippen LogP contribution < -0.4 is 10.6 Å². The third-order valence-electron chi connectivity index (χ3n) is 4.64. The van der Waals surface area contributed by atoms with Crippen LogP contribution in [0.25, 0.3) is 0 Å². The normalized spacial score (nSPS) is 14.2. The minimum absolute atomic E-state index is 0. The van der Waals surface area contributed by atoms with Crippen LogP contribution in [0.4, 0.5) is 0 Å². The fourth-order valence-electron chi connectivity index (χ4n) is 3.16. The Hall–Kier alpha value is -1.12. The predicted molar refractivity (Wildman–Crippen MR) is 127 cm³/mol. The number of allylic oxidation sites excluding steroid dienone is 1. The smallest absolute Gasteiger partial charge is 0.191 e. The molecule has 1 aliphatic carbocycles. The van der Waals surface area contributed by atoms with Crippen molar-refractivity contribution >= 4 is 29.9 Å². The Morgan fingerprint density at radius 2 is 1.93 bits per heavy atom. The molecule has 0 fully saturated rings. The average Bonchev–Trinajstić information content (AvgIpc) is 2.71. The highest BCUT2D eigenvalue weighted by atomic mass is 127. The molecule has 5 nitrogen and oxygen atoms in total. The van der Waals surface area contributed by atoms with E-state index in [1.165, 1.54) is 36.8 Å². The van der Waals surface area contributed by atoms with E-state index < -0.39 is 0 Å². The van der Waals surface area contributed by atoms with Gasteiger partial charge in [-0.2, -0.15) is 0 Å². The highest BCUT2D eigenvalue weighted by molar-refractivity contribution is 14.0. The number of nitrogens with zero attached hydrogens (tertiary/aromatic N) is 1. The summed E-state index contributed by atoms with van der Waals surface area (Å²) in [6, 6.07) is 8.46. The molecule has 0 bridgehead atoms. The van der Waals surface area contributed by atoms with Crippen molar-refractivity contribution in [1.29, 1.82) is 0 Å². The van der Waals surface area contributed by atoms with Gasteiger partial charge in [0.15, 0.2) is 5.96 Å². The maximum Gasteiger partial charge on any atom is 0.191 e. The van der Waals surface area contributed by atoms with Crippen LogP contribution in [-0.4, -0.2) is 39.4 Å². The Kier molecular flexibility index (Phi) is 14.0. The van der Waals surface area contributed by atoms with Gasteiger partial charge in [-0.25, -0.2) is 0 Å². The summed E-state index contributed by atoms with van der Waals surface area (Å²) < 4.78 is 10.9. The molecule has 0 atom stereocenters. The zero-order valence-corrected chi connectivity index (χ0v) is 19.7. The summed E-state index contributed by atoms with van der Waals surface area (Å²) in [4.78, 5) is 4.32. The molecule has 2 N–H and O–H groups in total. The number of hydrogen-bond acceptors (Lipinski definition) is 3. The number of nitrogens with one attached hydrogen (secondary N) is 2. The number of hydrogen-bond donors (Lipinski definition) is 2. The Labute approximate surface area is 187 Å². The summed E-state index contributed by atoms with van der Waals surface area (Å²) in [5.41, 5.74) is 3.98. The van der Waals surface area contributed by atoms with Crippen molar-refractivity contribution in [3.05, 3.63) is 47.0 Å². The Bertz CT molecular complexity index is 605. The maximum absolute atomic E-state index is 5.65. The van der Waals surface area contributed by atoms with Gasteiger partial charge in [-0.15, -0.1) is 24.0 Å². The number of aliphatic imine (C=N–C) groups is 1. The number of ether oxygens (including phenoxy) is 2. The SMILES string of the molecule is CCOCCOCc1cccc(CNC(=NC)NCCC2=CCCCC2)c1.I. The molecule has 0 amide bonds. The quantitative estimate of drug-likeness (QED) is 0.155. The highest BCUT2D eigenvalue weighted by Crippen LogP contribution is 2.19. The molecule has 0 spiro atoms. The van der Waals surface area contributed by atoms with Gasteiger partial charge in [0.1, 0.15) is 0 Å². The van der Waals surface area contributed by atoms with Gasteiger partial charge in [0, 0.05) is 26.7 Å². The van der Waals surface area contributed by atoms with Crippen molar-refractivity contribution in [3.63, 3.8) is 0 Å². The van der Waals surface area contributed by atoms with E-state index in [1.807, 2.05) is 14.0 Å². The molecule has 0 radical (unpaired) electrons. The van der Waals surface area contributed by atoms with Gasteiger partial charge in [0.2, 0.25) is 0 Å². The Morgan fingerprint density at radius 1 is 1.11 bits per heavy atom. The molecule has 0 saturated heterocycles. The summed E-state index contributed by atoms with van der Waals surface area (Å²) in [5, 5.41) is 6.81. The molecule has 0 heterocycles. The van der Waals surface area contributed by atoms with Crippen molar-refractivity contribution in [2.45, 2.75) is 52.2 Å². The summed E-state index contributed by atoms with van der Waals surface area (Å²) in [7, 11) is 1.82. The number of guanidine groups is 1. The minimum atomic E-state index is 0. The molecular formula is C22H36IN3O2. The van der Waals surface area contributed by atoms with Crippen molar-refractivity contribution in [2.75, 3.05) is 33.4 Å². The lowest BCUT2D eigenvalue weighted by molar-refractivity contribution is 0.0453. The lowest BCUT2D eigenvalue weighted by Crippen LogP contribution is -2.37. The first-order chi connectivity index (χ1) is 13.3. The highest BCUT2D eigenvalue weighted by Gasteiger charge is 2.04. The fourth-order valence-corrected chi connectivity index (χ4v) is 3.16. The molecule has 158 valence electrons. The monoisotopic (exact) mass is 501 g/mol. The zero-order valence-electron chi connectivity index (χ0n) is 17.3. The molecule has 1 aliphatic rings. The number of benzene rings is 1. The van der Waals surface area contributed by atoms with Crippen molar-refractivity contribution in [2.24, 2.45) is 4.99 Å². The summed E-state index contributed by atoms with van der Waals surface area (Å²) in [6.45, 7) is 6.29. The maximum atomic E-state index is 5.65. The second-order valence-corrected chi connectivity index (χ2v) is 6.78. The lowest BCUT2D eigenvalue weighted by Gasteiger charge is -2.15. The molecule has 6 heteroatoms. The van der Waals surface area contributed by atoms with Crippen LogP contribution >= 0.6 is 24.0 Å². The van der Waals surface area contributed by atoms with Crippen molar-refractivity contribution in [3.8, 4) is 0 Å². The van der Waals surface area contributed by atoms with Gasteiger partial charge >= 0.3 is 0 Å². The van der Waals surface area contributed by atoms with Crippen LogP contribution in [0.2, 0.25) is 0 Å². The van der Waals surface area contributed by atoms with Crippen LogP contribution in [0.15, 0.2) is 40.9 Å².